The zero-order valence-corrected chi connectivity index (χ0v) is 7.42. The lowest BCUT2D eigenvalue weighted by Gasteiger charge is -2.08. The molecule has 11 heavy (non-hydrogen) atoms. The quantitative estimate of drug-likeness (QED) is 0.591. The van der Waals surface area contributed by atoms with Crippen LogP contribution in [0.2, 0.25) is 0 Å². The standard InChI is InChI=1S/C9H15NO/c1-7(2)9(11)8-4-5-10(3)6-8/h4,7H,5-6H2,1-3H3. The topological polar surface area (TPSA) is 20.3 Å². The zero-order chi connectivity index (χ0) is 8.43. The third kappa shape index (κ3) is 1.90. The number of carbonyl (C=O) groups is 1. The van der Waals surface area contributed by atoms with E-state index in [1.165, 1.54) is 0 Å². The maximum atomic E-state index is 11.4. The Morgan fingerprint density at radius 2 is 2.27 bits per heavy atom. The molecule has 0 atom stereocenters. The first kappa shape index (κ1) is 8.47. The molecule has 0 amide bonds. The molecule has 0 aromatic rings. The summed E-state index contributed by atoms with van der Waals surface area (Å²) in [5.41, 5.74) is 0.988. The van der Waals surface area contributed by atoms with Gasteiger partial charge in [-0.1, -0.05) is 19.9 Å². The number of rotatable bonds is 2. The third-order valence-electron chi connectivity index (χ3n) is 1.93. The van der Waals surface area contributed by atoms with E-state index in [0.29, 0.717) is 5.78 Å². The second-order valence-corrected chi connectivity index (χ2v) is 3.45. The van der Waals surface area contributed by atoms with Crippen molar-refractivity contribution in [1.29, 1.82) is 0 Å². The van der Waals surface area contributed by atoms with Crippen LogP contribution < -0.4 is 0 Å². The van der Waals surface area contributed by atoms with Gasteiger partial charge in [-0.05, 0) is 7.05 Å². The maximum Gasteiger partial charge on any atom is 0.162 e. The number of hydrogen-bond acceptors (Lipinski definition) is 2. The Bertz CT molecular complexity index is 194. The average Bonchev–Trinajstić information content (AvgIpc) is 2.34. The molecule has 0 aromatic carbocycles. The summed E-state index contributed by atoms with van der Waals surface area (Å²) in [6.07, 6.45) is 2.03. The van der Waals surface area contributed by atoms with Crippen molar-refractivity contribution in [2.75, 3.05) is 20.1 Å². The lowest BCUT2D eigenvalue weighted by molar-refractivity contribution is -0.118. The molecule has 0 aromatic heterocycles. The molecule has 62 valence electrons. The Hall–Kier alpha value is -0.630. The van der Waals surface area contributed by atoms with Gasteiger partial charge in [-0.3, -0.25) is 9.69 Å². The van der Waals surface area contributed by atoms with E-state index in [1.807, 2.05) is 27.0 Å². The van der Waals surface area contributed by atoms with Gasteiger partial charge in [0, 0.05) is 24.6 Å². The highest BCUT2D eigenvalue weighted by molar-refractivity contribution is 5.97. The lowest BCUT2D eigenvalue weighted by Crippen LogP contribution is -2.18. The first-order chi connectivity index (χ1) is 5.11. The highest BCUT2D eigenvalue weighted by Crippen LogP contribution is 2.12. The number of ketones is 1. The Balaban J connectivity index is 2.56. The first-order valence-corrected chi connectivity index (χ1v) is 4.03. The Morgan fingerprint density at radius 3 is 2.64 bits per heavy atom. The second kappa shape index (κ2) is 3.18. The summed E-state index contributed by atoms with van der Waals surface area (Å²) in [6, 6.07) is 0. The fourth-order valence-corrected chi connectivity index (χ4v) is 1.24. The van der Waals surface area contributed by atoms with Crippen LogP contribution in [0.15, 0.2) is 11.6 Å². The van der Waals surface area contributed by atoms with Crippen LogP contribution in [0, 0.1) is 5.92 Å². The summed E-state index contributed by atoms with van der Waals surface area (Å²) in [7, 11) is 2.02. The van der Waals surface area contributed by atoms with Crippen molar-refractivity contribution in [1.82, 2.24) is 4.90 Å². The zero-order valence-electron chi connectivity index (χ0n) is 7.42. The van der Waals surface area contributed by atoms with E-state index in [0.717, 1.165) is 18.7 Å². The van der Waals surface area contributed by atoms with Crippen molar-refractivity contribution in [2.24, 2.45) is 5.92 Å². The fourth-order valence-electron chi connectivity index (χ4n) is 1.24. The van der Waals surface area contributed by atoms with Crippen molar-refractivity contribution in [3.63, 3.8) is 0 Å². The molecule has 0 N–H and O–H groups in total. The average molecular weight is 153 g/mol. The van der Waals surface area contributed by atoms with E-state index >= 15 is 0 Å². The Morgan fingerprint density at radius 1 is 1.64 bits per heavy atom. The van der Waals surface area contributed by atoms with E-state index in [4.69, 9.17) is 0 Å². The minimum atomic E-state index is 0.146. The Labute approximate surface area is 67.9 Å². The summed E-state index contributed by atoms with van der Waals surface area (Å²) < 4.78 is 0. The van der Waals surface area contributed by atoms with E-state index in [-0.39, 0.29) is 5.92 Å². The smallest absolute Gasteiger partial charge is 0.162 e. The minimum absolute atomic E-state index is 0.146. The van der Waals surface area contributed by atoms with Gasteiger partial charge in [-0.25, -0.2) is 0 Å². The molecule has 0 bridgehead atoms. The van der Waals surface area contributed by atoms with Crippen LogP contribution in [0.3, 0.4) is 0 Å². The second-order valence-electron chi connectivity index (χ2n) is 3.45. The molecule has 0 saturated carbocycles. The molecule has 0 radical (unpaired) electrons. The third-order valence-corrected chi connectivity index (χ3v) is 1.93. The van der Waals surface area contributed by atoms with Gasteiger partial charge >= 0.3 is 0 Å². The molecular formula is C9H15NO. The monoisotopic (exact) mass is 153 g/mol. The predicted molar refractivity (Wildman–Crippen MR) is 45.4 cm³/mol. The van der Waals surface area contributed by atoms with Gasteiger partial charge in [-0.2, -0.15) is 0 Å². The summed E-state index contributed by atoms with van der Waals surface area (Å²) in [4.78, 5) is 13.5. The summed E-state index contributed by atoms with van der Waals surface area (Å²) >= 11 is 0. The molecule has 2 nitrogen and oxygen atoms in total. The molecule has 1 aliphatic heterocycles. The van der Waals surface area contributed by atoms with E-state index < -0.39 is 0 Å². The van der Waals surface area contributed by atoms with Gasteiger partial charge in [0.1, 0.15) is 0 Å². The number of nitrogens with zero attached hydrogens (tertiary/aromatic N) is 1. The van der Waals surface area contributed by atoms with Crippen LogP contribution in [0.4, 0.5) is 0 Å². The van der Waals surface area contributed by atoms with Crippen molar-refractivity contribution in [3.05, 3.63) is 11.6 Å². The largest absolute Gasteiger partial charge is 0.298 e. The maximum absolute atomic E-state index is 11.4. The van der Waals surface area contributed by atoms with Crippen molar-refractivity contribution in [2.45, 2.75) is 13.8 Å². The van der Waals surface area contributed by atoms with E-state index in [9.17, 15) is 4.79 Å². The minimum Gasteiger partial charge on any atom is -0.298 e. The molecule has 1 aliphatic rings. The van der Waals surface area contributed by atoms with Crippen LogP contribution in [-0.2, 0) is 4.79 Å². The van der Waals surface area contributed by atoms with Crippen LogP contribution in [0.1, 0.15) is 13.8 Å². The highest BCUT2D eigenvalue weighted by Gasteiger charge is 2.18. The van der Waals surface area contributed by atoms with Gasteiger partial charge in [0.25, 0.3) is 0 Å². The number of Topliss-reactive ketones (excluding diaryl/α,β-unsaturated/α-hetero) is 1. The highest BCUT2D eigenvalue weighted by atomic mass is 16.1. The first-order valence-electron chi connectivity index (χ1n) is 4.03. The number of likely N-dealkylation sites (N-methyl/N-ethyl adjacent to an activating group) is 1. The molecule has 0 fully saturated rings. The summed E-state index contributed by atoms with van der Waals surface area (Å²) in [5, 5.41) is 0. The molecule has 2 heteroatoms. The van der Waals surface area contributed by atoms with Crippen LogP contribution in [0.5, 0.6) is 0 Å². The van der Waals surface area contributed by atoms with Gasteiger partial charge in [0.2, 0.25) is 0 Å². The molecule has 1 rings (SSSR count). The lowest BCUT2D eigenvalue weighted by atomic mass is 10.0. The van der Waals surface area contributed by atoms with Crippen LogP contribution in [-0.4, -0.2) is 30.8 Å². The summed E-state index contributed by atoms with van der Waals surface area (Å²) in [6.45, 7) is 5.65. The molecule has 0 aliphatic carbocycles. The summed E-state index contributed by atoms with van der Waals surface area (Å²) in [5.74, 6) is 0.446. The SMILES string of the molecule is CC(C)C(=O)C1=CCN(C)C1. The number of carbonyl (C=O) groups excluding carboxylic acids is 1. The van der Waals surface area contributed by atoms with Crippen LogP contribution >= 0.6 is 0 Å². The van der Waals surface area contributed by atoms with Crippen molar-refractivity contribution >= 4 is 5.78 Å². The van der Waals surface area contributed by atoms with Crippen molar-refractivity contribution < 1.29 is 4.79 Å². The number of hydrogen-bond donors (Lipinski definition) is 0. The molecule has 0 spiro atoms. The molecule has 0 saturated heterocycles. The Kier molecular flexibility index (Phi) is 2.45. The van der Waals surface area contributed by atoms with E-state index in [2.05, 4.69) is 4.90 Å². The van der Waals surface area contributed by atoms with Gasteiger partial charge in [-0.15, -0.1) is 0 Å². The van der Waals surface area contributed by atoms with Crippen molar-refractivity contribution in [3.8, 4) is 0 Å². The van der Waals surface area contributed by atoms with Gasteiger partial charge in [0.05, 0.1) is 0 Å². The molecule has 1 heterocycles. The van der Waals surface area contributed by atoms with Gasteiger partial charge < -0.3 is 0 Å². The van der Waals surface area contributed by atoms with Gasteiger partial charge in [0.15, 0.2) is 5.78 Å². The predicted octanol–water partition coefficient (Wildman–Crippen LogP) is 1.08. The fraction of sp³-hybridized carbons (Fsp3) is 0.667. The molecular weight excluding hydrogens is 138 g/mol. The molecule has 0 unspecified atom stereocenters. The van der Waals surface area contributed by atoms with E-state index in [1.54, 1.807) is 0 Å². The van der Waals surface area contributed by atoms with Crippen LogP contribution in [0.25, 0.3) is 0 Å². The normalized spacial score (nSPS) is 19.1.